The molecule has 0 radical (unpaired) electrons. The third-order valence-corrected chi connectivity index (χ3v) is 3.48. The van der Waals surface area contributed by atoms with E-state index in [1.807, 2.05) is 0 Å². The van der Waals surface area contributed by atoms with Crippen molar-refractivity contribution in [1.29, 1.82) is 0 Å². The molecule has 3 unspecified atom stereocenters. The molecule has 1 N–H and O–H groups in total. The molecule has 0 spiro atoms. The van der Waals surface area contributed by atoms with Gasteiger partial charge in [0, 0.05) is 34.9 Å². The Morgan fingerprint density at radius 3 is 2.14 bits per heavy atom. The van der Waals surface area contributed by atoms with Crippen LogP contribution in [0.2, 0.25) is 0 Å². The first-order chi connectivity index (χ1) is 6.23. The maximum absolute atomic E-state index is 10.9. The quantitative estimate of drug-likeness (QED) is 0.768. The van der Waals surface area contributed by atoms with E-state index in [4.69, 9.17) is 0 Å². The van der Waals surface area contributed by atoms with Crippen molar-refractivity contribution in [1.82, 2.24) is 5.32 Å². The zero-order valence-corrected chi connectivity index (χ0v) is 11.2. The Morgan fingerprint density at radius 2 is 1.79 bits per heavy atom. The molecule has 0 rings (SSSR count). The fourth-order valence-corrected chi connectivity index (χ4v) is 1.79. The van der Waals surface area contributed by atoms with Crippen molar-refractivity contribution < 1.29 is 4.21 Å². The fraction of sp³-hybridized carbons (Fsp3) is 1.00. The molecule has 3 atom stereocenters. The molecule has 0 saturated heterocycles. The second-order valence-corrected chi connectivity index (χ2v) is 6.78. The van der Waals surface area contributed by atoms with Gasteiger partial charge < -0.3 is 5.32 Å². The van der Waals surface area contributed by atoms with Crippen LogP contribution in [0, 0.1) is 5.41 Å². The maximum Gasteiger partial charge on any atom is 0.0246 e. The standard InChI is InChI=1S/C11H25NOS/c1-9(7-8-14(6)13)12-10(2)11(3,4)5/h9-10,12H,7-8H2,1-6H3. The third kappa shape index (κ3) is 6.55. The van der Waals surface area contributed by atoms with E-state index in [1.165, 1.54) is 0 Å². The minimum atomic E-state index is -0.662. The maximum atomic E-state index is 10.9. The molecule has 0 saturated carbocycles. The van der Waals surface area contributed by atoms with Gasteiger partial charge in [0.05, 0.1) is 0 Å². The zero-order valence-electron chi connectivity index (χ0n) is 10.4. The Labute approximate surface area is 91.3 Å². The molecule has 0 aliphatic rings. The lowest BCUT2D eigenvalue weighted by Gasteiger charge is -2.31. The van der Waals surface area contributed by atoms with Gasteiger partial charge in [-0.15, -0.1) is 0 Å². The monoisotopic (exact) mass is 219 g/mol. The van der Waals surface area contributed by atoms with Gasteiger partial charge in [-0.05, 0) is 25.7 Å². The Balaban J connectivity index is 3.82. The molecule has 0 aliphatic heterocycles. The summed E-state index contributed by atoms with van der Waals surface area (Å²) >= 11 is 0. The lowest BCUT2D eigenvalue weighted by atomic mass is 9.87. The molecule has 0 aliphatic carbocycles. The first kappa shape index (κ1) is 14.1. The predicted molar refractivity (Wildman–Crippen MR) is 65.1 cm³/mol. The van der Waals surface area contributed by atoms with Gasteiger partial charge in [-0.25, -0.2) is 0 Å². The molecule has 0 heterocycles. The van der Waals surface area contributed by atoms with Crippen LogP contribution in [0.5, 0.6) is 0 Å². The van der Waals surface area contributed by atoms with Crippen LogP contribution in [0.3, 0.4) is 0 Å². The van der Waals surface area contributed by atoms with Gasteiger partial charge >= 0.3 is 0 Å². The highest BCUT2D eigenvalue weighted by atomic mass is 32.2. The molecular formula is C11H25NOS. The third-order valence-electron chi connectivity index (χ3n) is 2.67. The summed E-state index contributed by atoms with van der Waals surface area (Å²) in [6.07, 6.45) is 2.75. The van der Waals surface area contributed by atoms with Gasteiger partial charge in [0.15, 0.2) is 0 Å². The second-order valence-electron chi connectivity index (χ2n) is 5.22. The van der Waals surface area contributed by atoms with Crippen LogP contribution >= 0.6 is 0 Å². The zero-order chi connectivity index (χ0) is 11.4. The highest BCUT2D eigenvalue weighted by molar-refractivity contribution is 7.84. The number of hydrogen-bond acceptors (Lipinski definition) is 2. The molecule has 0 amide bonds. The topological polar surface area (TPSA) is 29.1 Å². The van der Waals surface area contributed by atoms with Crippen LogP contribution in [0.15, 0.2) is 0 Å². The largest absolute Gasteiger partial charge is 0.311 e. The van der Waals surface area contributed by atoms with Crippen molar-refractivity contribution in [3.8, 4) is 0 Å². The highest BCUT2D eigenvalue weighted by Crippen LogP contribution is 2.19. The van der Waals surface area contributed by atoms with E-state index in [2.05, 4.69) is 39.9 Å². The van der Waals surface area contributed by atoms with Gasteiger partial charge in [-0.1, -0.05) is 20.8 Å². The predicted octanol–water partition coefficient (Wildman–Crippen LogP) is 2.17. The van der Waals surface area contributed by atoms with Crippen LogP contribution in [0.25, 0.3) is 0 Å². The average Bonchev–Trinajstić information content (AvgIpc) is 1.99. The van der Waals surface area contributed by atoms with Crippen LogP contribution in [-0.2, 0) is 10.8 Å². The minimum Gasteiger partial charge on any atom is -0.311 e. The summed E-state index contributed by atoms with van der Waals surface area (Å²) in [4.78, 5) is 0. The Bertz CT molecular complexity index is 186. The van der Waals surface area contributed by atoms with Crippen molar-refractivity contribution in [2.24, 2.45) is 5.41 Å². The SMILES string of the molecule is CC(CCS(C)=O)NC(C)C(C)(C)C. The van der Waals surface area contributed by atoms with Gasteiger partial charge in [0.1, 0.15) is 0 Å². The van der Waals surface area contributed by atoms with Crippen molar-refractivity contribution in [2.45, 2.75) is 53.1 Å². The van der Waals surface area contributed by atoms with Crippen molar-refractivity contribution in [3.05, 3.63) is 0 Å². The smallest absolute Gasteiger partial charge is 0.0246 e. The summed E-state index contributed by atoms with van der Waals surface area (Å²) < 4.78 is 10.9. The molecule has 2 nitrogen and oxygen atoms in total. The summed E-state index contributed by atoms with van der Waals surface area (Å²) in [5.41, 5.74) is 0.291. The van der Waals surface area contributed by atoms with E-state index >= 15 is 0 Å². The molecule has 14 heavy (non-hydrogen) atoms. The number of nitrogens with one attached hydrogen (secondary N) is 1. The number of rotatable bonds is 5. The summed E-state index contributed by atoms with van der Waals surface area (Å²) in [7, 11) is -0.662. The van der Waals surface area contributed by atoms with E-state index in [9.17, 15) is 4.21 Å². The van der Waals surface area contributed by atoms with Crippen molar-refractivity contribution >= 4 is 10.8 Å². The fourth-order valence-electron chi connectivity index (χ4n) is 1.10. The first-order valence-corrected chi connectivity index (χ1v) is 7.02. The van der Waals surface area contributed by atoms with E-state index in [0.717, 1.165) is 12.2 Å². The van der Waals surface area contributed by atoms with Crippen molar-refractivity contribution in [3.63, 3.8) is 0 Å². The molecule has 3 heteroatoms. The lowest BCUT2D eigenvalue weighted by molar-refractivity contribution is 0.265. The second kappa shape index (κ2) is 5.86. The Kier molecular flexibility index (Phi) is 5.91. The Hall–Kier alpha value is 0.110. The van der Waals surface area contributed by atoms with Crippen LogP contribution in [-0.4, -0.2) is 28.3 Å². The van der Waals surface area contributed by atoms with Crippen LogP contribution < -0.4 is 5.32 Å². The Morgan fingerprint density at radius 1 is 1.29 bits per heavy atom. The van der Waals surface area contributed by atoms with E-state index in [0.29, 0.717) is 17.5 Å². The molecule has 0 fully saturated rings. The molecule has 0 aromatic carbocycles. The summed E-state index contributed by atoms with van der Waals surface area (Å²) in [5.74, 6) is 0.797. The number of hydrogen-bond donors (Lipinski definition) is 1. The molecule has 0 aromatic rings. The molecule has 0 aromatic heterocycles. The normalized spacial score (nSPS) is 19.0. The minimum absolute atomic E-state index is 0.291. The summed E-state index contributed by atoms with van der Waals surface area (Å²) in [6, 6.07) is 0.941. The summed E-state index contributed by atoms with van der Waals surface area (Å²) in [5, 5.41) is 3.54. The van der Waals surface area contributed by atoms with E-state index in [-0.39, 0.29) is 0 Å². The molecule has 86 valence electrons. The van der Waals surface area contributed by atoms with Crippen LogP contribution in [0.1, 0.15) is 41.0 Å². The van der Waals surface area contributed by atoms with E-state index < -0.39 is 10.8 Å². The van der Waals surface area contributed by atoms with E-state index in [1.54, 1.807) is 6.26 Å². The summed E-state index contributed by atoms with van der Waals surface area (Å²) in [6.45, 7) is 11.1. The van der Waals surface area contributed by atoms with Crippen molar-refractivity contribution in [2.75, 3.05) is 12.0 Å². The highest BCUT2D eigenvalue weighted by Gasteiger charge is 2.20. The van der Waals surface area contributed by atoms with Gasteiger partial charge in [-0.2, -0.15) is 0 Å². The van der Waals surface area contributed by atoms with Gasteiger partial charge in [0.2, 0.25) is 0 Å². The molecule has 0 bridgehead atoms. The van der Waals surface area contributed by atoms with Crippen LogP contribution in [0.4, 0.5) is 0 Å². The van der Waals surface area contributed by atoms with Gasteiger partial charge in [-0.3, -0.25) is 4.21 Å². The molecular weight excluding hydrogens is 194 g/mol. The first-order valence-electron chi connectivity index (χ1n) is 5.29. The lowest BCUT2D eigenvalue weighted by Crippen LogP contribution is -2.43. The average molecular weight is 219 g/mol. The van der Waals surface area contributed by atoms with Gasteiger partial charge in [0.25, 0.3) is 0 Å².